The molecule has 0 bridgehead atoms. The molecule has 1 aliphatic rings. The summed E-state index contributed by atoms with van der Waals surface area (Å²) in [7, 11) is 1.31. The first-order valence-corrected chi connectivity index (χ1v) is 3.00. The van der Waals surface area contributed by atoms with Gasteiger partial charge in [0.05, 0.1) is 13.7 Å². The Morgan fingerprint density at radius 1 is 1.70 bits per heavy atom. The number of carbonyl (C=O) groups excluding carboxylic acids is 2. The van der Waals surface area contributed by atoms with Gasteiger partial charge in [0.15, 0.2) is 0 Å². The minimum Gasteiger partial charge on any atom is -0.471 e. The fraction of sp³-hybridized carbons (Fsp3) is 0.667. The van der Waals surface area contributed by atoms with Gasteiger partial charge in [-0.1, -0.05) is 0 Å². The van der Waals surface area contributed by atoms with Crippen molar-refractivity contribution in [2.24, 2.45) is 0 Å². The van der Waals surface area contributed by atoms with E-state index in [-0.39, 0.29) is 0 Å². The lowest BCUT2D eigenvalue weighted by Crippen LogP contribution is -2.07. The van der Waals surface area contributed by atoms with Crippen LogP contribution in [0.1, 0.15) is 6.42 Å². The van der Waals surface area contributed by atoms with E-state index in [1.807, 2.05) is 0 Å². The first kappa shape index (κ1) is 9.10. The maximum absolute atomic E-state index is 10.2. The Morgan fingerprint density at radius 2 is 2.30 bits per heavy atom. The van der Waals surface area contributed by atoms with Crippen molar-refractivity contribution in [2.45, 2.75) is 6.42 Å². The summed E-state index contributed by atoms with van der Waals surface area (Å²) in [6.07, 6.45) is 0.736. The fourth-order valence-electron chi connectivity index (χ4n) is 0.544. The zero-order chi connectivity index (χ0) is 7.82. The topological polar surface area (TPSA) is 55.4 Å². The van der Waals surface area contributed by atoms with Gasteiger partial charge in [-0.2, -0.15) is 0 Å². The van der Waals surface area contributed by atoms with Crippen LogP contribution in [0.15, 0.2) is 0 Å². The molecule has 0 radical (unpaired) electrons. The highest BCUT2D eigenvalue weighted by Crippen LogP contribution is 1.85. The molecule has 58 valence electrons. The van der Waals surface area contributed by atoms with E-state index in [2.05, 4.69) is 10.1 Å². The van der Waals surface area contributed by atoms with Crippen molar-refractivity contribution in [2.75, 3.05) is 20.2 Å². The Balaban J connectivity index is 0.000000180. The van der Waals surface area contributed by atoms with E-state index in [9.17, 15) is 4.79 Å². The van der Waals surface area contributed by atoms with Crippen LogP contribution in [0, 0.1) is 0 Å². The van der Waals surface area contributed by atoms with Crippen molar-refractivity contribution in [3.05, 3.63) is 0 Å². The maximum atomic E-state index is 10.2. The minimum atomic E-state index is 0.343. The second-order valence-electron chi connectivity index (χ2n) is 1.80. The smallest absolute Gasteiger partial charge is 0.292 e. The molecule has 1 fully saturated rings. The van der Waals surface area contributed by atoms with Crippen LogP contribution in [0.5, 0.6) is 0 Å². The molecule has 1 heterocycles. The van der Waals surface area contributed by atoms with Gasteiger partial charge in [-0.15, -0.1) is 0 Å². The maximum Gasteiger partial charge on any atom is 0.292 e. The van der Waals surface area contributed by atoms with E-state index >= 15 is 0 Å². The average molecular weight is 145 g/mol. The van der Waals surface area contributed by atoms with Gasteiger partial charge < -0.3 is 10.1 Å². The number of methoxy groups -OCH3 is 1. The van der Waals surface area contributed by atoms with Crippen LogP contribution < -0.4 is 5.32 Å². The molecular weight excluding hydrogens is 134 g/mol. The molecule has 0 unspecified atom stereocenters. The minimum absolute atomic E-state index is 0.343. The summed E-state index contributed by atoms with van der Waals surface area (Å²) in [5.74, 6) is 0.343. The highest BCUT2D eigenvalue weighted by molar-refractivity contribution is 5.82. The van der Waals surface area contributed by atoms with Gasteiger partial charge in [-0.25, -0.2) is 0 Å². The average Bonchev–Trinajstić information content (AvgIpc) is 2.40. The van der Waals surface area contributed by atoms with Crippen LogP contribution in [0.2, 0.25) is 0 Å². The number of rotatable bonds is 1. The number of hydrogen-bond donors (Lipinski definition) is 1. The van der Waals surface area contributed by atoms with Gasteiger partial charge in [-0.3, -0.25) is 9.59 Å². The van der Waals surface area contributed by atoms with Gasteiger partial charge in [0.1, 0.15) is 5.78 Å². The van der Waals surface area contributed by atoms with E-state index in [1.165, 1.54) is 7.11 Å². The normalized spacial score (nSPS) is 15.5. The highest BCUT2D eigenvalue weighted by atomic mass is 16.5. The molecule has 0 amide bonds. The third-order valence-corrected chi connectivity index (χ3v) is 0.999. The van der Waals surface area contributed by atoms with Gasteiger partial charge in [-0.05, 0) is 0 Å². The van der Waals surface area contributed by atoms with Crippen LogP contribution >= 0.6 is 0 Å². The molecule has 1 rings (SSSR count). The van der Waals surface area contributed by atoms with Crippen LogP contribution in [-0.2, 0) is 14.3 Å². The molecule has 0 aromatic rings. The second kappa shape index (κ2) is 6.22. The number of ketones is 1. The first-order chi connectivity index (χ1) is 4.81. The Kier molecular flexibility index (Phi) is 5.66. The Labute approximate surface area is 59.6 Å². The van der Waals surface area contributed by atoms with Crippen molar-refractivity contribution in [1.82, 2.24) is 5.32 Å². The third-order valence-electron chi connectivity index (χ3n) is 0.999. The molecular formula is C6H11NO3. The van der Waals surface area contributed by atoms with Crippen LogP contribution in [-0.4, -0.2) is 32.5 Å². The van der Waals surface area contributed by atoms with E-state index in [0.717, 1.165) is 13.0 Å². The molecule has 10 heavy (non-hydrogen) atoms. The van der Waals surface area contributed by atoms with E-state index in [1.54, 1.807) is 0 Å². The van der Waals surface area contributed by atoms with Crippen LogP contribution in [0.4, 0.5) is 0 Å². The van der Waals surface area contributed by atoms with Crippen molar-refractivity contribution in [1.29, 1.82) is 0 Å². The monoisotopic (exact) mass is 145 g/mol. The van der Waals surface area contributed by atoms with Crippen molar-refractivity contribution in [3.63, 3.8) is 0 Å². The summed E-state index contributed by atoms with van der Waals surface area (Å²) in [5.41, 5.74) is 0. The molecule has 4 nitrogen and oxygen atoms in total. The van der Waals surface area contributed by atoms with Crippen molar-refractivity contribution in [3.8, 4) is 0 Å². The van der Waals surface area contributed by atoms with Gasteiger partial charge in [0, 0.05) is 13.0 Å². The second-order valence-corrected chi connectivity index (χ2v) is 1.80. The van der Waals surface area contributed by atoms with E-state index < -0.39 is 0 Å². The third kappa shape index (κ3) is 5.24. The molecule has 0 aromatic carbocycles. The SMILES string of the molecule is COC=O.O=C1CCNC1. The number of Topliss-reactive ketones (excluding diaryl/α,β-unsaturated/α-hetero) is 1. The number of nitrogens with one attached hydrogen (secondary N) is 1. The van der Waals surface area contributed by atoms with Crippen LogP contribution in [0.25, 0.3) is 0 Å². The summed E-state index contributed by atoms with van der Waals surface area (Å²) in [4.78, 5) is 19.1. The highest BCUT2D eigenvalue weighted by Gasteiger charge is 2.06. The molecule has 0 aliphatic carbocycles. The summed E-state index contributed by atoms with van der Waals surface area (Å²) in [6.45, 7) is 1.86. The van der Waals surface area contributed by atoms with Crippen molar-refractivity contribution < 1.29 is 14.3 Å². The molecule has 0 aromatic heterocycles. The first-order valence-electron chi connectivity index (χ1n) is 3.00. The summed E-state index contributed by atoms with van der Waals surface area (Å²) in [6, 6.07) is 0. The molecule has 1 saturated heterocycles. The fourth-order valence-corrected chi connectivity index (χ4v) is 0.544. The van der Waals surface area contributed by atoms with Gasteiger partial charge >= 0.3 is 0 Å². The largest absolute Gasteiger partial charge is 0.471 e. The van der Waals surface area contributed by atoms with Crippen LogP contribution in [0.3, 0.4) is 0 Å². The molecule has 4 heteroatoms. The molecule has 0 atom stereocenters. The molecule has 0 spiro atoms. The Hall–Kier alpha value is -0.900. The molecule has 0 saturated carbocycles. The van der Waals surface area contributed by atoms with Gasteiger partial charge in [0.2, 0.25) is 0 Å². The molecule has 1 N–H and O–H groups in total. The predicted molar refractivity (Wildman–Crippen MR) is 35.6 cm³/mol. The van der Waals surface area contributed by atoms with E-state index in [0.29, 0.717) is 18.8 Å². The zero-order valence-corrected chi connectivity index (χ0v) is 5.92. The predicted octanol–water partition coefficient (Wildman–Crippen LogP) is -0.662. The number of ether oxygens (including phenoxy) is 1. The lowest BCUT2D eigenvalue weighted by atomic mass is 10.4. The lowest BCUT2D eigenvalue weighted by Gasteiger charge is -1.75. The standard InChI is InChI=1S/C4H7NO.C2H4O2/c6-4-1-2-5-3-4;1-4-2-3/h5H,1-3H2;2H,1H3. The van der Waals surface area contributed by atoms with Gasteiger partial charge in [0.25, 0.3) is 6.47 Å². The van der Waals surface area contributed by atoms with E-state index in [4.69, 9.17) is 4.79 Å². The molecule has 1 aliphatic heterocycles. The number of carbonyl (C=O) groups is 2. The summed E-state index contributed by atoms with van der Waals surface area (Å²) >= 11 is 0. The summed E-state index contributed by atoms with van der Waals surface area (Å²) in [5, 5.41) is 2.92. The quantitative estimate of drug-likeness (QED) is 0.497. The number of hydrogen-bond acceptors (Lipinski definition) is 4. The lowest BCUT2D eigenvalue weighted by molar-refractivity contribution is -0.126. The Bertz CT molecular complexity index is 106. The zero-order valence-electron chi connectivity index (χ0n) is 5.92. The van der Waals surface area contributed by atoms with Crippen molar-refractivity contribution >= 4 is 12.3 Å². The Morgan fingerprint density at radius 3 is 2.40 bits per heavy atom. The summed E-state index contributed by atoms with van der Waals surface area (Å²) < 4.78 is 3.86.